The minimum absolute atomic E-state index is 0.755. The lowest BCUT2D eigenvalue weighted by Crippen LogP contribution is -2.22. The highest BCUT2D eigenvalue weighted by Gasteiger charge is 2.18. The molecule has 132 valence electrons. The van der Waals surface area contributed by atoms with E-state index in [2.05, 4.69) is 91.5 Å². The van der Waals surface area contributed by atoms with Crippen molar-refractivity contribution in [2.45, 2.75) is 13.8 Å². The number of hydrogen-bond acceptors (Lipinski definition) is 1. The molecule has 0 heterocycles. The summed E-state index contributed by atoms with van der Waals surface area (Å²) in [6.07, 6.45) is 0. The molecule has 0 bridgehead atoms. The molecule has 0 aliphatic heterocycles. The maximum absolute atomic E-state index is 6.15. The quantitative estimate of drug-likeness (QED) is 0.447. The molecule has 0 aliphatic rings. The highest BCUT2D eigenvalue weighted by Crippen LogP contribution is 2.34. The molecule has 0 aliphatic carbocycles. The Morgan fingerprint density at radius 1 is 0.654 bits per heavy atom. The molecule has 26 heavy (non-hydrogen) atoms. The molecule has 3 aromatic rings. The zero-order valence-electron chi connectivity index (χ0n) is 15.3. The molecule has 0 spiro atoms. The molecule has 0 atom stereocenters. The van der Waals surface area contributed by atoms with E-state index >= 15 is 0 Å². The van der Waals surface area contributed by atoms with Crippen LogP contribution in [0.1, 0.15) is 30.5 Å². The van der Waals surface area contributed by atoms with Crippen LogP contribution in [0.4, 0.5) is 0 Å². The summed E-state index contributed by atoms with van der Waals surface area (Å²) in [6.45, 7) is 6.31. The molecule has 0 radical (unpaired) electrons. The molecule has 0 amide bonds. The Balaban J connectivity index is 2.34. The van der Waals surface area contributed by atoms with Crippen molar-refractivity contribution in [3.05, 3.63) is 107 Å². The second-order valence-electron chi connectivity index (χ2n) is 6.13. The number of benzene rings is 3. The fraction of sp³-hybridized carbons (Fsp3) is 0.167. The minimum Gasteiger partial charge on any atom is -0.371 e. The van der Waals surface area contributed by atoms with Crippen LogP contribution >= 0.6 is 11.6 Å². The zero-order valence-corrected chi connectivity index (χ0v) is 16.1. The molecule has 0 saturated heterocycles. The Labute approximate surface area is 161 Å². The van der Waals surface area contributed by atoms with Crippen LogP contribution in [0.25, 0.3) is 11.3 Å². The first-order valence-electron chi connectivity index (χ1n) is 9.10. The van der Waals surface area contributed by atoms with Crippen molar-refractivity contribution >= 4 is 22.9 Å². The standard InChI is InChI=1S/C24H24ClN/c1-3-26(4-2)24(21-13-9-6-10-14-21)23(19-11-7-5-8-12-19)20-15-17-22(25)18-16-20/h5-18H,3-4H2,1-2H3/b24-23+. The number of nitrogens with zero attached hydrogens (tertiary/aromatic N) is 1. The van der Waals surface area contributed by atoms with Crippen molar-refractivity contribution in [1.82, 2.24) is 4.90 Å². The van der Waals surface area contributed by atoms with E-state index in [1.165, 1.54) is 28.0 Å². The molecular weight excluding hydrogens is 338 g/mol. The fourth-order valence-electron chi connectivity index (χ4n) is 3.28. The van der Waals surface area contributed by atoms with Crippen LogP contribution in [-0.4, -0.2) is 18.0 Å². The van der Waals surface area contributed by atoms with E-state index in [-0.39, 0.29) is 0 Å². The van der Waals surface area contributed by atoms with Crippen LogP contribution in [-0.2, 0) is 0 Å². The Hall–Kier alpha value is -2.51. The predicted octanol–water partition coefficient (Wildman–Crippen LogP) is 6.60. The van der Waals surface area contributed by atoms with E-state index < -0.39 is 0 Å². The molecule has 0 N–H and O–H groups in total. The van der Waals surface area contributed by atoms with Gasteiger partial charge in [0.05, 0.1) is 5.70 Å². The van der Waals surface area contributed by atoms with Crippen LogP contribution in [0.2, 0.25) is 5.02 Å². The van der Waals surface area contributed by atoms with Gasteiger partial charge in [0.25, 0.3) is 0 Å². The second-order valence-corrected chi connectivity index (χ2v) is 6.57. The second kappa shape index (κ2) is 8.73. The highest BCUT2D eigenvalue weighted by molar-refractivity contribution is 6.30. The van der Waals surface area contributed by atoms with Gasteiger partial charge < -0.3 is 4.90 Å². The van der Waals surface area contributed by atoms with E-state index in [0.29, 0.717) is 0 Å². The fourth-order valence-corrected chi connectivity index (χ4v) is 3.41. The van der Waals surface area contributed by atoms with Crippen LogP contribution in [0, 0.1) is 0 Å². The van der Waals surface area contributed by atoms with Gasteiger partial charge in [-0.2, -0.15) is 0 Å². The van der Waals surface area contributed by atoms with Gasteiger partial charge in [0.15, 0.2) is 0 Å². The number of rotatable bonds is 6. The summed E-state index contributed by atoms with van der Waals surface area (Å²) in [5.41, 5.74) is 6.10. The lowest BCUT2D eigenvalue weighted by atomic mass is 9.92. The lowest BCUT2D eigenvalue weighted by Gasteiger charge is -2.29. The third-order valence-electron chi connectivity index (χ3n) is 4.56. The van der Waals surface area contributed by atoms with Gasteiger partial charge in [0, 0.05) is 23.7 Å². The van der Waals surface area contributed by atoms with E-state index in [1.807, 2.05) is 12.1 Å². The van der Waals surface area contributed by atoms with Crippen molar-refractivity contribution in [1.29, 1.82) is 0 Å². The van der Waals surface area contributed by atoms with Crippen LogP contribution in [0.15, 0.2) is 84.9 Å². The van der Waals surface area contributed by atoms with Gasteiger partial charge in [-0.05, 0) is 42.7 Å². The van der Waals surface area contributed by atoms with Crippen molar-refractivity contribution in [2.24, 2.45) is 0 Å². The largest absolute Gasteiger partial charge is 0.371 e. The topological polar surface area (TPSA) is 3.24 Å². The highest BCUT2D eigenvalue weighted by atomic mass is 35.5. The van der Waals surface area contributed by atoms with Gasteiger partial charge >= 0.3 is 0 Å². The summed E-state index contributed by atoms with van der Waals surface area (Å²) >= 11 is 6.15. The van der Waals surface area contributed by atoms with Crippen LogP contribution in [0.5, 0.6) is 0 Å². The van der Waals surface area contributed by atoms with Crippen molar-refractivity contribution in [2.75, 3.05) is 13.1 Å². The first-order chi connectivity index (χ1) is 12.7. The Morgan fingerprint density at radius 2 is 1.12 bits per heavy atom. The molecule has 0 fully saturated rings. The molecule has 0 saturated carbocycles. The van der Waals surface area contributed by atoms with Crippen molar-refractivity contribution < 1.29 is 0 Å². The van der Waals surface area contributed by atoms with Gasteiger partial charge in [-0.1, -0.05) is 84.4 Å². The number of hydrogen-bond donors (Lipinski definition) is 0. The van der Waals surface area contributed by atoms with E-state index in [9.17, 15) is 0 Å². The van der Waals surface area contributed by atoms with E-state index in [0.717, 1.165) is 18.1 Å². The maximum Gasteiger partial charge on any atom is 0.0525 e. The molecule has 1 nitrogen and oxygen atoms in total. The first-order valence-corrected chi connectivity index (χ1v) is 9.48. The molecule has 0 unspecified atom stereocenters. The average molecular weight is 362 g/mol. The molecular formula is C24H24ClN. The van der Waals surface area contributed by atoms with E-state index in [1.54, 1.807) is 0 Å². The summed E-state index contributed by atoms with van der Waals surface area (Å²) in [5, 5.41) is 0.755. The van der Waals surface area contributed by atoms with Gasteiger partial charge in [0.1, 0.15) is 0 Å². The predicted molar refractivity (Wildman–Crippen MR) is 113 cm³/mol. The molecule has 2 heteroatoms. The summed E-state index contributed by atoms with van der Waals surface area (Å²) in [4.78, 5) is 2.42. The van der Waals surface area contributed by atoms with Crippen molar-refractivity contribution in [3.8, 4) is 0 Å². The minimum atomic E-state index is 0.755. The van der Waals surface area contributed by atoms with E-state index in [4.69, 9.17) is 11.6 Å². The average Bonchev–Trinajstić information content (AvgIpc) is 2.70. The monoisotopic (exact) mass is 361 g/mol. The Morgan fingerprint density at radius 3 is 1.62 bits per heavy atom. The Bertz CT molecular complexity index is 848. The summed E-state index contributed by atoms with van der Waals surface area (Å²) in [6, 6.07) is 29.4. The summed E-state index contributed by atoms with van der Waals surface area (Å²) in [7, 11) is 0. The van der Waals surface area contributed by atoms with Crippen LogP contribution in [0.3, 0.4) is 0 Å². The third-order valence-corrected chi connectivity index (χ3v) is 4.81. The Kier molecular flexibility index (Phi) is 6.14. The van der Waals surface area contributed by atoms with Gasteiger partial charge in [-0.3, -0.25) is 0 Å². The van der Waals surface area contributed by atoms with Gasteiger partial charge in [-0.15, -0.1) is 0 Å². The molecule has 3 aromatic carbocycles. The van der Waals surface area contributed by atoms with Gasteiger partial charge in [-0.25, -0.2) is 0 Å². The van der Waals surface area contributed by atoms with Gasteiger partial charge in [0.2, 0.25) is 0 Å². The maximum atomic E-state index is 6.15. The first kappa shape index (κ1) is 18.3. The third kappa shape index (κ3) is 4.00. The van der Waals surface area contributed by atoms with Crippen molar-refractivity contribution in [3.63, 3.8) is 0 Å². The zero-order chi connectivity index (χ0) is 18.4. The number of halogens is 1. The smallest absolute Gasteiger partial charge is 0.0525 e. The molecule has 0 aromatic heterocycles. The lowest BCUT2D eigenvalue weighted by molar-refractivity contribution is 0.443. The SMILES string of the molecule is CCN(CC)/C(=C(\c1ccccc1)c1ccc(Cl)cc1)c1ccccc1. The summed E-state index contributed by atoms with van der Waals surface area (Å²) < 4.78 is 0. The summed E-state index contributed by atoms with van der Waals surface area (Å²) in [5.74, 6) is 0. The normalized spacial score (nSPS) is 11.8. The molecule has 3 rings (SSSR count). The van der Waals surface area contributed by atoms with Crippen LogP contribution < -0.4 is 0 Å².